The highest BCUT2D eigenvalue weighted by Crippen LogP contribution is 2.24. The van der Waals surface area contributed by atoms with Gasteiger partial charge >= 0.3 is 5.97 Å². The van der Waals surface area contributed by atoms with E-state index >= 15 is 0 Å². The Bertz CT molecular complexity index is 828. The summed E-state index contributed by atoms with van der Waals surface area (Å²) < 4.78 is 4.99. The highest BCUT2D eigenvalue weighted by molar-refractivity contribution is 6.30. The number of carbonyl (C=O) groups excluding carboxylic acids is 1. The van der Waals surface area contributed by atoms with Crippen molar-refractivity contribution in [2.75, 3.05) is 13.2 Å². The molecule has 0 saturated carbocycles. The third kappa shape index (κ3) is 7.28. The molecule has 0 radical (unpaired) electrons. The topological polar surface area (TPSA) is 58.6 Å². The first-order chi connectivity index (χ1) is 14.0. The van der Waals surface area contributed by atoms with Crippen LogP contribution in [0.15, 0.2) is 42.5 Å². The van der Waals surface area contributed by atoms with Crippen molar-refractivity contribution in [3.8, 4) is 0 Å². The number of nitrogens with one attached hydrogen (secondary N) is 1. The zero-order valence-electron chi connectivity index (χ0n) is 17.4. The number of aryl methyl sites for hydroxylation is 2. The van der Waals surface area contributed by atoms with Crippen LogP contribution in [-0.2, 0) is 28.8 Å². The molecule has 1 aliphatic carbocycles. The van der Waals surface area contributed by atoms with Crippen LogP contribution in [0.4, 0.5) is 0 Å². The molecule has 6 heteroatoms. The normalized spacial score (nSPS) is 16.3. The second-order valence-corrected chi connectivity index (χ2v) is 8.12. The van der Waals surface area contributed by atoms with Crippen LogP contribution in [0.3, 0.4) is 0 Å². The molecule has 0 bridgehead atoms. The maximum absolute atomic E-state index is 11.5. The molecule has 2 aromatic carbocycles. The van der Waals surface area contributed by atoms with Crippen LogP contribution in [0.25, 0.3) is 0 Å². The smallest absolute Gasteiger partial charge is 0.305 e. The zero-order chi connectivity index (χ0) is 20.6. The predicted molar refractivity (Wildman–Crippen MR) is 123 cm³/mol. The number of halogens is 2. The molecular weight excluding hydrogens is 421 g/mol. The van der Waals surface area contributed by atoms with Gasteiger partial charge in [-0.3, -0.25) is 4.79 Å². The maximum Gasteiger partial charge on any atom is 0.305 e. The van der Waals surface area contributed by atoms with Crippen molar-refractivity contribution >= 4 is 30.0 Å². The summed E-state index contributed by atoms with van der Waals surface area (Å²) in [5.74, 6) is -0.118. The van der Waals surface area contributed by atoms with Gasteiger partial charge in [-0.15, -0.1) is 12.4 Å². The summed E-state index contributed by atoms with van der Waals surface area (Å²) in [5.41, 5.74) is 4.89. The third-order valence-electron chi connectivity index (χ3n) is 5.48. The van der Waals surface area contributed by atoms with Crippen LogP contribution in [0.1, 0.15) is 54.5 Å². The monoisotopic (exact) mass is 451 g/mol. The first kappa shape index (κ1) is 24.7. The molecule has 1 aliphatic rings. The number of hydrogen-bond acceptors (Lipinski definition) is 4. The number of aliphatic hydroxyl groups is 1. The fourth-order valence-electron chi connectivity index (χ4n) is 3.92. The van der Waals surface area contributed by atoms with E-state index in [0.29, 0.717) is 30.6 Å². The highest BCUT2D eigenvalue weighted by atomic mass is 35.5. The van der Waals surface area contributed by atoms with Crippen LogP contribution >= 0.6 is 24.0 Å². The Hall–Kier alpha value is -1.59. The lowest BCUT2D eigenvalue weighted by Gasteiger charge is -2.27. The van der Waals surface area contributed by atoms with E-state index in [2.05, 4.69) is 23.5 Å². The van der Waals surface area contributed by atoms with E-state index in [1.807, 2.05) is 31.2 Å². The average molecular weight is 452 g/mol. The van der Waals surface area contributed by atoms with E-state index in [9.17, 15) is 9.90 Å². The Balaban J connectivity index is 0.00000320. The van der Waals surface area contributed by atoms with Crippen molar-refractivity contribution in [3.63, 3.8) is 0 Å². The molecule has 2 atom stereocenters. The lowest BCUT2D eigenvalue weighted by atomic mass is 9.86. The summed E-state index contributed by atoms with van der Waals surface area (Å²) in [7, 11) is 0. The van der Waals surface area contributed by atoms with Gasteiger partial charge in [-0.1, -0.05) is 41.9 Å². The van der Waals surface area contributed by atoms with E-state index < -0.39 is 6.10 Å². The Kier molecular flexibility index (Phi) is 10.1. The number of carbonyl (C=O) groups is 1. The molecule has 3 rings (SSSR count). The number of fused-ring (bicyclic) bond motifs is 1. The number of rotatable bonds is 9. The van der Waals surface area contributed by atoms with Crippen molar-refractivity contribution in [2.24, 2.45) is 0 Å². The van der Waals surface area contributed by atoms with E-state index in [4.69, 9.17) is 16.3 Å². The van der Waals surface area contributed by atoms with Gasteiger partial charge in [0, 0.05) is 24.0 Å². The van der Waals surface area contributed by atoms with Crippen molar-refractivity contribution in [1.82, 2.24) is 5.32 Å². The Morgan fingerprint density at radius 2 is 2.10 bits per heavy atom. The van der Waals surface area contributed by atoms with Gasteiger partial charge in [0.1, 0.15) is 0 Å². The predicted octanol–water partition coefficient (Wildman–Crippen LogP) is 4.83. The number of esters is 1. The molecule has 164 valence electrons. The number of ether oxygens (including phenoxy) is 1. The summed E-state index contributed by atoms with van der Waals surface area (Å²) >= 11 is 6.02. The van der Waals surface area contributed by atoms with Crippen molar-refractivity contribution in [3.05, 3.63) is 69.7 Å². The second kappa shape index (κ2) is 12.3. The van der Waals surface area contributed by atoms with Crippen molar-refractivity contribution in [1.29, 1.82) is 0 Å². The molecule has 0 spiro atoms. The number of hydrogen-bond donors (Lipinski definition) is 2. The summed E-state index contributed by atoms with van der Waals surface area (Å²) in [5, 5.41) is 14.6. The standard InChI is InChI=1S/C24H30ClNO3.ClH/c1-2-29-24(28)8-3-5-17-9-10-18-11-12-22(15-20(18)13-17)26-16-23(27)19-6-4-7-21(25)14-19;/h4,6-7,9-10,13-14,22-23,26-27H,2-3,5,8,11-12,15-16H2,1H3;1H. The SMILES string of the molecule is CCOC(=O)CCCc1ccc2c(c1)CC(NCC(O)c1cccc(Cl)c1)CC2.Cl. The van der Waals surface area contributed by atoms with Gasteiger partial charge < -0.3 is 15.2 Å². The van der Waals surface area contributed by atoms with E-state index in [0.717, 1.165) is 37.7 Å². The largest absolute Gasteiger partial charge is 0.466 e. The van der Waals surface area contributed by atoms with Crippen LogP contribution in [0, 0.1) is 0 Å². The molecule has 0 saturated heterocycles. The minimum absolute atomic E-state index is 0. The van der Waals surface area contributed by atoms with Gasteiger partial charge in [-0.05, 0) is 73.4 Å². The highest BCUT2D eigenvalue weighted by Gasteiger charge is 2.20. The molecule has 0 fully saturated rings. The quantitative estimate of drug-likeness (QED) is 0.536. The number of benzene rings is 2. The molecule has 0 aromatic heterocycles. The minimum Gasteiger partial charge on any atom is -0.466 e. The van der Waals surface area contributed by atoms with Gasteiger partial charge in [0.25, 0.3) is 0 Å². The van der Waals surface area contributed by atoms with Crippen LogP contribution in [0.2, 0.25) is 5.02 Å². The summed E-state index contributed by atoms with van der Waals surface area (Å²) in [4.78, 5) is 11.5. The van der Waals surface area contributed by atoms with Gasteiger partial charge in [0.2, 0.25) is 0 Å². The van der Waals surface area contributed by atoms with Crippen molar-refractivity contribution in [2.45, 2.75) is 57.6 Å². The lowest BCUT2D eigenvalue weighted by molar-refractivity contribution is -0.143. The van der Waals surface area contributed by atoms with E-state index in [1.54, 1.807) is 0 Å². The zero-order valence-corrected chi connectivity index (χ0v) is 19.0. The summed E-state index contributed by atoms with van der Waals surface area (Å²) in [6, 6.07) is 14.4. The first-order valence-corrected chi connectivity index (χ1v) is 10.9. The molecule has 30 heavy (non-hydrogen) atoms. The minimum atomic E-state index is -0.565. The lowest BCUT2D eigenvalue weighted by Crippen LogP contribution is -2.37. The van der Waals surface area contributed by atoms with Crippen LogP contribution in [-0.4, -0.2) is 30.3 Å². The Labute approximate surface area is 190 Å². The molecule has 0 heterocycles. The Morgan fingerprint density at radius 3 is 2.87 bits per heavy atom. The van der Waals surface area contributed by atoms with Crippen LogP contribution < -0.4 is 5.32 Å². The number of aliphatic hydroxyl groups excluding tert-OH is 1. The van der Waals surface area contributed by atoms with Gasteiger partial charge in [0.05, 0.1) is 12.7 Å². The van der Waals surface area contributed by atoms with Crippen LogP contribution in [0.5, 0.6) is 0 Å². The average Bonchev–Trinajstić information content (AvgIpc) is 2.72. The van der Waals surface area contributed by atoms with Gasteiger partial charge in [-0.25, -0.2) is 0 Å². The molecule has 0 amide bonds. The maximum atomic E-state index is 11.5. The second-order valence-electron chi connectivity index (χ2n) is 7.68. The molecular formula is C24H31Cl2NO3. The first-order valence-electron chi connectivity index (χ1n) is 10.5. The summed E-state index contributed by atoms with van der Waals surface area (Å²) in [6.07, 6.45) is 4.67. The molecule has 0 aliphatic heterocycles. The summed E-state index contributed by atoms with van der Waals surface area (Å²) in [6.45, 7) is 2.79. The third-order valence-corrected chi connectivity index (χ3v) is 5.72. The van der Waals surface area contributed by atoms with Gasteiger partial charge in [-0.2, -0.15) is 0 Å². The van der Waals surface area contributed by atoms with Gasteiger partial charge in [0.15, 0.2) is 0 Å². The Morgan fingerprint density at radius 1 is 1.27 bits per heavy atom. The van der Waals surface area contributed by atoms with E-state index in [1.165, 1.54) is 16.7 Å². The molecule has 2 N–H and O–H groups in total. The van der Waals surface area contributed by atoms with E-state index in [-0.39, 0.29) is 18.4 Å². The molecule has 2 aromatic rings. The van der Waals surface area contributed by atoms with Crippen molar-refractivity contribution < 1.29 is 14.6 Å². The fraction of sp³-hybridized carbons (Fsp3) is 0.458. The molecule has 4 nitrogen and oxygen atoms in total. The molecule has 2 unspecified atom stereocenters. The fourth-order valence-corrected chi connectivity index (χ4v) is 4.12.